The Kier molecular flexibility index (Phi) is 6.14. The second-order valence-corrected chi connectivity index (χ2v) is 7.16. The van der Waals surface area contributed by atoms with E-state index in [-0.39, 0.29) is 5.91 Å². The SMILES string of the molecule is CC(=O)N(CCOc1cccc2ccccc12)CCOc1cccc2ccccc12. The van der Waals surface area contributed by atoms with E-state index in [2.05, 4.69) is 24.3 Å². The molecule has 4 nitrogen and oxygen atoms in total. The van der Waals surface area contributed by atoms with Crippen LogP contribution in [0, 0.1) is 0 Å². The smallest absolute Gasteiger partial charge is 0.219 e. The number of fused-ring (bicyclic) bond motifs is 2. The van der Waals surface area contributed by atoms with Gasteiger partial charge < -0.3 is 14.4 Å². The first kappa shape index (κ1) is 19.8. The van der Waals surface area contributed by atoms with Gasteiger partial charge in [-0.2, -0.15) is 0 Å². The molecule has 0 N–H and O–H groups in total. The van der Waals surface area contributed by atoms with Crippen LogP contribution in [0.15, 0.2) is 84.9 Å². The van der Waals surface area contributed by atoms with Crippen LogP contribution in [0.2, 0.25) is 0 Å². The van der Waals surface area contributed by atoms with Gasteiger partial charge in [-0.15, -0.1) is 0 Å². The molecule has 0 atom stereocenters. The van der Waals surface area contributed by atoms with Gasteiger partial charge in [-0.1, -0.05) is 72.8 Å². The molecule has 1 amide bonds. The number of hydrogen-bond donors (Lipinski definition) is 0. The molecule has 30 heavy (non-hydrogen) atoms. The van der Waals surface area contributed by atoms with Crippen LogP contribution in [0.1, 0.15) is 6.92 Å². The average molecular weight is 399 g/mol. The molecule has 0 aliphatic rings. The van der Waals surface area contributed by atoms with Crippen molar-refractivity contribution < 1.29 is 14.3 Å². The highest BCUT2D eigenvalue weighted by molar-refractivity contribution is 5.88. The van der Waals surface area contributed by atoms with Gasteiger partial charge in [0.15, 0.2) is 0 Å². The number of amides is 1. The van der Waals surface area contributed by atoms with E-state index in [1.807, 2.05) is 60.7 Å². The molecule has 0 heterocycles. The van der Waals surface area contributed by atoms with Crippen LogP contribution < -0.4 is 9.47 Å². The number of carbonyl (C=O) groups excluding carboxylic acids is 1. The van der Waals surface area contributed by atoms with Crippen molar-refractivity contribution in [2.75, 3.05) is 26.3 Å². The normalized spacial score (nSPS) is 10.8. The van der Waals surface area contributed by atoms with Crippen molar-refractivity contribution in [3.63, 3.8) is 0 Å². The molecule has 4 aromatic rings. The van der Waals surface area contributed by atoms with Crippen LogP contribution in [0.25, 0.3) is 21.5 Å². The maximum Gasteiger partial charge on any atom is 0.219 e. The van der Waals surface area contributed by atoms with Crippen LogP contribution in [0.4, 0.5) is 0 Å². The molecule has 0 spiro atoms. The molecular weight excluding hydrogens is 374 g/mol. The number of hydrogen-bond acceptors (Lipinski definition) is 3. The number of nitrogens with zero attached hydrogens (tertiary/aromatic N) is 1. The van der Waals surface area contributed by atoms with Crippen molar-refractivity contribution >= 4 is 27.5 Å². The van der Waals surface area contributed by atoms with Gasteiger partial charge in [0, 0.05) is 17.7 Å². The van der Waals surface area contributed by atoms with Crippen LogP contribution >= 0.6 is 0 Å². The van der Waals surface area contributed by atoms with Crippen LogP contribution in [-0.2, 0) is 4.79 Å². The molecule has 4 heteroatoms. The molecule has 0 radical (unpaired) electrons. The Morgan fingerprint density at radius 2 is 1.10 bits per heavy atom. The highest BCUT2D eigenvalue weighted by atomic mass is 16.5. The highest BCUT2D eigenvalue weighted by Gasteiger charge is 2.10. The lowest BCUT2D eigenvalue weighted by Gasteiger charge is -2.22. The molecule has 0 unspecified atom stereocenters. The van der Waals surface area contributed by atoms with E-state index in [1.165, 1.54) is 0 Å². The van der Waals surface area contributed by atoms with E-state index >= 15 is 0 Å². The molecule has 0 saturated carbocycles. The number of benzene rings is 4. The van der Waals surface area contributed by atoms with E-state index in [1.54, 1.807) is 11.8 Å². The summed E-state index contributed by atoms with van der Waals surface area (Å²) in [6.07, 6.45) is 0. The Bertz CT molecular complexity index is 1060. The van der Waals surface area contributed by atoms with Crippen LogP contribution in [-0.4, -0.2) is 37.1 Å². The summed E-state index contributed by atoms with van der Waals surface area (Å²) in [7, 11) is 0. The molecule has 152 valence electrons. The molecule has 4 aromatic carbocycles. The van der Waals surface area contributed by atoms with E-state index in [0.29, 0.717) is 26.3 Å². The van der Waals surface area contributed by atoms with Gasteiger partial charge in [-0.05, 0) is 22.9 Å². The number of rotatable bonds is 8. The summed E-state index contributed by atoms with van der Waals surface area (Å²) in [6.45, 7) is 3.47. The highest BCUT2D eigenvalue weighted by Crippen LogP contribution is 2.26. The number of carbonyl (C=O) groups is 1. The molecular formula is C26H25NO3. The maximum absolute atomic E-state index is 12.1. The third-order valence-electron chi connectivity index (χ3n) is 5.18. The fraction of sp³-hybridized carbons (Fsp3) is 0.192. The second-order valence-electron chi connectivity index (χ2n) is 7.16. The van der Waals surface area contributed by atoms with Gasteiger partial charge in [-0.3, -0.25) is 4.79 Å². The Morgan fingerprint density at radius 3 is 1.57 bits per heavy atom. The maximum atomic E-state index is 12.1. The fourth-order valence-electron chi connectivity index (χ4n) is 3.60. The largest absolute Gasteiger partial charge is 0.491 e. The molecule has 0 aliphatic carbocycles. The van der Waals surface area contributed by atoms with Crippen molar-refractivity contribution in [1.29, 1.82) is 0 Å². The van der Waals surface area contributed by atoms with E-state index in [9.17, 15) is 4.79 Å². The summed E-state index contributed by atoms with van der Waals surface area (Å²) in [5, 5.41) is 4.44. The summed E-state index contributed by atoms with van der Waals surface area (Å²) < 4.78 is 12.0. The lowest BCUT2D eigenvalue weighted by molar-refractivity contribution is -0.129. The van der Waals surface area contributed by atoms with Gasteiger partial charge in [-0.25, -0.2) is 0 Å². The Labute approximate surface area is 176 Å². The average Bonchev–Trinajstić information content (AvgIpc) is 2.78. The third-order valence-corrected chi connectivity index (χ3v) is 5.18. The molecule has 0 saturated heterocycles. The lowest BCUT2D eigenvalue weighted by atomic mass is 10.1. The van der Waals surface area contributed by atoms with Gasteiger partial charge in [0.05, 0.1) is 13.1 Å². The van der Waals surface area contributed by atoms with Crippen LogP contribution in [0.5, 0.6) is 11.5 Å². The van der Waals surface area contributed by atoms with Crippen molar-refractivity contribution in [3.05, 3.63) is 84.9 Å². The predicted octanol–water partition coefficient (Wildman–Crippen LogP) is 5.30. The van der Waals surface area contributed by atoms with Gasteiger partial charge >= 0.3 is 0 Å². The van der Waals surface area contributed by atoms with Gasteiger partial charge in [0.1, 0.15) is 24.7 Å². The zero-order valence-electron chi connectivity index (χ0n) is 17.1. The number of ether oxygens (including phenoxy) is 2. The first-order valence-electron chi connectivity index (χ1n) is 10.2. The quantitative estimate of drug-likeness (QED) is 0.404. The Hall–Kier alpha value is -3.53. The molecule has 0 fully saturated rings. The zero-order chi connectivity index (χ0) is 20.8. The predicted molar refractivity (Wildman–Crippen MR) is 121 cm³/mol. The Morgan fingerprint density at radius 1 is 0.667 bits per heavy atom. The summed E-state index contributed by atoms with van der Waals surface area (Å²) in [6, 6.07) is 28.3. The van der Waals surface area contributed by atoms with Gasteiger partial charge in [0.25, 0.3) is 0 Å². The summed E-state index contributed by atoms with van der Waals surface area (Å²) >= 11 is 0. The standard InChI is InChI=1S/C26H25NO3/c1-20(28)27(16-18-29-25-14-6-10-21-8-2-4-12-23(21)25)17-19-30-26-15-7-11-22-9-3-5-13-24(22)26/h2-15H,16-19H2,1H3. The molecule has 4 rings (SSSR count). The molecule has 0 aliphatic heterocycles. The minimum atomic E-state index is 0.0121. The summed E-state index contributed by atoms with van der Waals surface area (Å²) in [4.78, 5) is 13.8. The molecule has 0 bridgehead atoms. The van der Waals surface area contributed by atoms with Crippen molar-refractivity contribution in [2.45, 2.75) is 6.92 Å². The van der Waals surface area contributed by atoms with E-state index < -0.39 is 0 Å². The van der Waals surface area contributed by atoms with Gasteiger partial charge in [0.2, 0.25) is 5.91 Å². The molecule has 0 aromatic heterocycles. The van der Waals surface area contributed by atoms with Crippen LogP contribution in [0.3, 0.4) is 0 Å². The first-order chi connectivity index (χ1) is 14.7. The first-order valence-corrected chi connectivity index (χ1v) is 10.2. The van der Waals surface area contributed by atoms with Crippen molar-refractivity contribution in [2.24, 2.45) is 0 Å². The summed E-state index contributed by atoms with van der Waals surface area (Å²) in [5.74, 6) is 1.69. The monoisotopic (exact) mass is 399 g/mol. The fourth-order valence-corrected chi connectivity index (χ4v) is 3.60. The van der Waals surface area contributed by atoms with Crippen molar-refractivity contribution in [1.82, 2.24) is 4.90 Å². The lowest BCUT2D eigenvalue weighted by Crippen LogP contribution is -2.36. The van der Waals surface area contributed by atoms with Crippen molar-refractivity contribution in [3.8, 4) is 11.5 Å². The topological polar surface area (TPSA) is 38.8 Å². The van der Waals surface area contributed by atoms with E-state index in [0.717, 1.165) is 33.0 Å². The minimum Gasteiger partial charge on any atom is -0.491 e. The van der Waals surface area contributed by atoms with E-state index in [4.69, 9.17) is 9.47 Å². The minimum absolute atomic E-state index is 0.0121. The Balaban J connectivity index is 1.33. The summed E-state index contributed by atoms with van der Waals surface area (Å²) in [5.41, 5.74) is 0. The second kappa shape index (κ2) is 9.31. The third kappa shape index (κ3) is 4.54. The zero-order valence-corrected chi connectivity index (χ0v) is 17.1.